The predicted molar refractivity (Wildman–Crippen MR) is 100 cm³/mol. The van der Waals surface area contributed by atoms with Crippen molar-refractivity contribution in [1.82, 2.24) is 4.90 Å². The minimum atomic E-state index is -3.42. The second kappa shape index (κ2) is 8.81. The quantitative estimate of drug-likeness (QED) is 0.718. The lowest BCUT2D eigenvalue weighted by Crippen LogP contribution is -2.31. The highest BCUT2D eigenvalue weighted by atomic mass is 32.2. The highest BCUT2D eigenvalue weighted by Gasteiger charge is 2.18. The number of hydrogen-bond acceptors (Lipinski definition) is 3. The van der Waals surface area contributed by atoms with Gasteiger partial charge in [0.2, 0.25) is 0 Å². The van der Waals surface area contributed by atoms with E-state index in [1.807, 2.05) is 6.92 Å². The fourth-order valence-corrected chi connectivity index (χ4v) is 4.02. The molecule has 0 spiro atoms. The molecule has 0 unspecified atom stereocenters. The first-order valence-electron chi connectivity index (χ1n) is 8.64. The average molecular weight is 359 g/mol. The Balaban J connectivity index is 2.20. The Labute approximate surface area is 150 Å². The zero-order chi connectivity index (χ0) is 18.3. The van der Waals surface area contributed by atoms with Crippen LogP contribution in [0, 0.1) is 0 Å². The van der Waals surface area contributed by atoms with Gasteiger partial charge in [-0.1, -0.05) is 43.7 Å². The summed E-state index contributed by atoms with van der Waals surface area (Å²) in [5.74, 6) is -0.158. The van der Waals surface area contributed by atoms with E-state index in [9.17, 15) is 13.2 Å². The van der Waals surface area contributed by atoms with E-state index in [0.717, 1.165) is 19.4 Å². The summed E-state index contributed by atoms with van der Waals surface area (Å²) >= 11 is 0. The van der Waals surface area contributed by atoms with Gasteiger partial charge in [0.1, 0.15) is 0 Å². The zero-order valence-electron chi connectivity index (χ0n) is 14.8. The molecule has 0 radical (unpaired) electrons. The van der Waals surface area contributed by atoms with Crippen molar-refractivity contribution in [2.45, 2.75) is 37.3 Å². The van der Waals surface area contributed by atoms with Crippen molar-refractivity contribution in [2.24, 2.45) is 0 Å². The van der Waals surface area contributed by atoms with E-state index in [-0.39, 0.29) is 11.7 Å². The monoisotopic (exact) mass is 359 g/mol. The van der Waals surface area contributed by atoms with Gasteiger partial charge in [-0.3, -0.25) is 4.79 Å². The summed E-state index contributed by atoms with van der Waals surface area (Å²) in [5, 5.41) is 0. The summed E-state index contributed by atoms with van der Waals surface area (Å²) < 4.78 is 25.0. The average Bonchev–Trinajstić information content (AvgIpc) is 2.63. The van der Waals surface area contributed by atoms with Gasteiger partial charge in [0, 0.05) is 18.7 Å². The molecule has 0 saturated heterocycles. The van der Waals surface area contributed by atoms with Crippen LogP contribution in [0.3, 0.4) is 0 Å². The molecule has 0 N–H and O–H groups in total. The Morgan fingerprint density at radius 2 is 1.72 bits per heavy atom. The van der Waals surface area contributed by atoms with Crippen LogP contribution in [0.1, 0.15) is 42.6 Å². The minimum absolute atomic E-state index is 0.0464. The second-order valence-corrected chi connectivity index (χ2v) is 8.00. The smallest absolute Gasteiger partial charge is 0.253 e. The molecule has 0 fully saturated rings. The van der Waals surface area contributed by atoms with Crippen LogP contribution in [-0.2, 0) is 15.6 Å². The standard InChI is InChI=1S/C20H25NO3S/c1-3-5-14-21(4-2)20(22)18-11-9-10-17(15-18)16-25(23,24)19-12-7-6-8-13-19/h6-13,15H,3-5,14,16H2,1-2H3. The molecule has 2 aromatic carbocycles. The fourth-order valence-electron chi connectivity index (χ4n) is 2.66. The van der Waals surface area contributed by atoms with Crippen LogP contribution in [0.4, 0.5) is 0 Å². The number of nitrogens with zero attached hydrogens (tertiary/aromatic N) is 1. The number of unbranched alkanes of at least 4 members (excludes halogenated alkanes) is 1. The first-order valence-corrected chi connectivity index (χ1v) is 10.3. The van der Waals surface area contributed by atoms with Gasteiger partial charge in [0.05, 0.1) is 10.6 Å². The SMILES string of the molecule is CCCCN(CC)C(=O)c1cccc(CS(=O)(=O)c2ccccc2)c1. The molecule has 0 aromatic heterocycles. The summed E-state index contributed by atoms with van der Waals surface area (Å²) in [4.78, 5) is 14.7. The van der Waals surface area contributed by atoms with Gasteiger partial charge in [0.25, 0.3) is 5.91 Å². The van der Waals surface area contributed by atoms with Crippen LogP contribution in [0.25, 0.3) is 0 Å². The Kier molecular flexibility index (Phi) is 6.76. The van der Waals surface area contributed by atoms with E-state index < -0.39 is 9.84 Å². The lowest BCUT2D eigenvalue weighted by Gasteiger charge is -2.21. The number of hydrogen-bond donors (Lipinski definition) is 0. The molecule has 0 aliphatic heterocycles. The molecule has 2 rings (SSSR count). The third-order valence-corrected chi connectivity index (χ3v) is 5.79. The van der Waals surface area contributed by atoms with E-state index in [0.29, 0.717) is 22.6 Å². The fraction of sp³-hybridized carbons (Fsp3) is 0.350. The highest BCUT2D eigenvalue weighted by Crippen LogP contribution is 2.18. The van der Waals surface area contributed by atoms with E-state index in [1.165, 1.54) is 0 Å². The number of carbonyl (C=O) groups is 1. The van der Waals surface area contributed by atoms with Gasteiger partial charge in [-0.25, -0.2) is 8.42 Å². The normalized spacial score (nSPS) is 11.3. The Morgan fingerprint density at radius 3 is 2.36 bits per heavy atom. The molecule has 2 aromatic rings. The molecular weight excluding hydrogens is 334 g/mol. The molecule has 0 bridgehead atoms. The Morgan fingerprint density at radius 1 is 1.00 bits per heavy atom. The molecule has 0 atom stereocenters. The van der Waals surface area contributed by atoms with E-state index in [4.69, 9.17) is 0 Å². The van der Waals surface area contributed by atoms with Crippen LogP contribution in [-0.4, -0.2) is 32.3 Å². The minimum Gasteiger partial charge on any atom is -0.339 e. The van der Waals surface area contributed by atoms with E-state index in [1.54, 1.807) is 59.5 Å². The lowest BCUT2D eigenvalue weighted by atomic mass is 10.1. The van der Waals surface area contributed by atoms with Gasteiger partial charge < -0.3 is 4.90 Å². The van der Waals surface area contributed by atoms with Crippen molar-refractivity contribution in [2.75, 3.05) is 13.1 Å². The summed E-state index contributed by atoms with van der Waals surface area (Å²) in [7, 11) is -3.42. The van der Waals surface area contributed by atoms with Crippen molar-refractivity contribution in [3.63, 3.8) is 0 Å². The molecule has 25 heavy (non-hydrogen) atoms. The molecule has 0 saturated carbocycles. The lowest BCUT2D eigenvalue weighted by molar-refractivity contribution is 0.0762. The van der Waals surface area contributed by atoms with Gasteiger partial charge in [-0.05, 0) is 43.2 Å². The number of benzene rings is 2. The molecule has 4 nitrogen and oxygen atoms in total. The summed E-state index contributed by atoms with van der Waals surface area (Å²) in [5.41, 5.74) is 1.17. The number of amides is 1. The number of carbonyl (C=O) groups excluding carboxylic acids is 1. The van der Waals surface area contributed by atoms with Gasteiger partial charge >= 0.3 is 0 Å². The van der Waals surface area contributed by atoms with Gasteiger partial charge in [0.15, 0.2) is 9.84 Å². The topological polar surface area (TPSA) is 54.5 Å². The second-order valence-electron chi connectivity index (χ2n) is 6.01. The van der Waals surface area contributed by atoms with Crippen LogP contribution >= 0.6 is 0 Å². The number of rotatable bonds is 8. The Bertz CT molecular complexity index is 801. The largest absolute Gasteiger partial charge is 0.339 e. The third kappa shape index (κ3) is 5.16. The molecule has 1 amide bonds. The van der Waals surface area contributed by atoms with Gasteiger partial charge in [-0.15, -0.1) is 0 Å². The van der Waals surface area contributed by atoms with Crippen molar-refractivity contribution >= 4 is 15.7 Å². The van der Waals surface area contributed by atoms with Crippen molar-refractivity contribution < 1.29 is 13.2 Å². The predicted octanol–water partition coefficient (Wildman–Crippen LogP) is 3.92. The zero-order valence-corrected chi connectivity index (χ0v) is 15.6. The van der Waals surface area contributed by atoms with Crippen molar-refractivity contribution in [3.05, 3.63) is 65.7 Å². The maximum Gasteiger partial charge on any atom is 0.253 e. The maximum atomic E-state index is 12.6. The van der Waals surface area contributed by atoms with Crippen LogP contribution in [0.5, 0.6) is 0 Å². The molecule has 0 aliphatic carbocycles. The van der Waals surface area contributed by atoms with Crippen LogP contribution < -0.4 is 0 Å². The van der Waals surface area contributed by atoms with E-state index >= 15 is 0 Å². The molecule has 134 valence electrons. The molecule has 5 heteroatoms. The maximum absolute atomic E-state index is 12.6. The van der Waals surface area contributed by atoms with Crippen LogP contribution in [0.15, 0.2) is 59.5 Å². The van der Waals surface area contributed by atoms with Crippen molar-refractivity contribution in [3.8, 4) is 0 Å². The summed E-state index contributed by atoms with van der Waals surface area (Å²) in [6.45, 7) is 5.41. The molecular formula is C20H25NO3S. The van der Waals surface area contributed by atoms with Crippen LogP contribution in [0.2, 0.25) is 0 Å². The van der Waals surface area contributed by atoms with Gasteiger partial charge in [-0.2, -0.15) is 0 Å². The first kappa shape index (κ1) is 19.2. The highest BCUT2D eigenvalue weighted by molar-refractivity contribution is 7.90. The summed E-state index contributed by atoms with van der Waals surface area (Å²) in [6.07, 6.45) is 1.99. The summed E-state index contributed by atoms with van der Waals surface area (Å²) in [6, 6.07) is 15.3. The Hall–Kier alpha value is -2.14. The number of sulfone groups is 1. The van der Waals surface area contributed by atoms with E-state index in [2.05, 4.69) is 6.92 Å². The molecule has 0 aliphatic rings. The molecule has 0 heterocycles. The third-order valence-electron chi connectivity index (χ3n) is 4.08. The first-order chi connectivity index (χ1) is 12.0. The van der Waals surface area contributed by atoms with Crippen molar-refractivity contribution in [1.29, 1.82) is 0 Å².